The maximum Gasteiger partial charge on any atom is 0.317 e. The van der Waals surface area contributed by atoms with Gasteiger partial charge in [0.25, 0.3) is 0 Å². The third kappa shape index (κ3) is 5.22. The fourth-order valence-electron chi connectivity index (χ4n) is 1.78. The van der Waals surface area contributed by atoms with Crippen LogP contribution >= 0.6 is 0 Å². The zero-order chi connectivity index (χ0) is 16.0. The fourth-order valence-corrected chi connectivity index (χ4v) is 1.78. The Balaban J connectivity index is 2.47. The normalized spacial score (nSPS) is 19.0. The summed E-state index contributed by atoms with van der Waals surface area (Å²) in [6.07, 6.45) is -0.314. The van der Waals surface area contributed by atoms with Gasteiger partial charge in [-0.1, -0.05) is 0 Å². The van der Waals surface area contributed by atoms with Gasteiger partial charge in [-0.2, -0.15) is 0 Å². The van der Waals surface area contributed by atoms with E-state index in [1.54, 1.807) is 0 Å². The smallest absolute Gasteiger partial charge is 0.317 e. The summed E-state index contributed by atoms with van der Waals surface area (Å²) in [6.45, 7) is 4.10. The van der Waals surface area contributed by atoms with Gasteiger partial charge < -0.3 is 24.8 Å². The molecule has 1 rings (SSSR count). The van der Waals surface area contributed by atoms with Gasteiger partial charge in [-0.15, -0.1) is 0 Å². The lowest BCUT2D eigenvalue weighted by molar-refractivity contribution is -0.147. The van der Waals surface area contributed by atoms with Gasteiger partial charge in [0.2, 0.25) is 0 Å². The number of aliphatic carboxylic acids is 1. The van der Waals surface area contributed by atoms with Crippen LogP contribution in [0.4, 0.5) is 4.79 Å². The maximum atomic E-state index is 12.0. The number of esters is 1. The molecule has 0 aliphatic carbocycles. The molecule has 8 nitrogen and oxygen atoms in total. The standard InChI is InChI=1S/C13H22N2O6/c1-13(2,11(17)18)8-14-12(19)15-4-5-21-9(7-15)6-10(16)20-3/h9H,4-8H2,1-3H3,(H,14,19)(H,17,18). The molecule has 0 radical (unpaired) electrons. The second-order valence-corrected chi connectivity index (χ2v) is 5.57. The Bertz CT molecular complexity index is 409. The first kappa shape index (κ1) is 17.2. The average molecular weight is 302 g/mol. The van der Waals surface area contributed by atoms with E-state index in [2.05, 4.69) is 10.1 Å². The largest absolute Gasteiger partial charge is 0.481 e. The van der Waals surface area contributed by atoms with Gasteiger partial charge in [0.15, 0.2) is 0 Å². The number of carbonyl (C=O) groups is 3. The number of carboxylic acids is 1. The summed E-state index contributed by atoms with van der Waals surface area (Å²) in [5.74, 6) is -1.37. The van der Waals surface area contributed by atoms with E-state index in [0.717, 1.165) is 0 Å². The van der Waals surface area contributed by atoms with Crippen LogP contribution in [0.5, 0.6) is 0 Å². The number of nitrogens with one attached hydrogen (secondary N) is 1. The predicted molar refractivity (Wildman–Crippen MR) is 72.8 cm³/mol. The number of carboxylic acid groups (broad SMARTS) is 1. The summed E-state index contributed by atoms with van der Waals surface area (Å²) in [4.78, 5) is 35.7. The van der Waals surface area contributed by atoms with Crippen molar-refractivity contribution < 1.29 is 29.0 Å². The summed E-state index contributed by atoms with van der Waals surface area (Å²) >= 11 is 0. The van der Waals surface area contributed by atoms with E-state index in [1.165, 1.54) is 25.9 Å². The third-order valence-corrected chi connectivity index (χ3v) is 3.31. The van der Waals surface area contributed by atoms with Crippen molar-refractivity contribution in [2.45, 2.75) is 26.4 Å². The Labute approximate surface area is 123 Å². The molecule has 1 heterocycles. The molecule has 0 spiro atoms. The van der Waals surface area contributed by atoms with Crippen molar-refractivity contribution in [1.29, 1.82) is 0 Å². The van der Waals surface area contributed by atoms with Crippen LogP contribution in [0.1, 0.15) is 20.3 Å². The lowest BCUT2D eigenvalue weighted by Gasteiger charge is -2.33. The molecule has 1 unspecified atom stereocenters. The highest BCUT2D eigenvalue weighted by Crippen LogP contribution is 2.14. The second-order valence-electron chi connectivity index (χ2n) is 5.57. The van der Waals surface area contributed by atoms with Crippen LogP contribution in [-0.2, 0) is 19.1 Å². The Kier molecular flexibility index (Phi) is 5.95. The number of hydrogen-bond acceptors (Lipinski definition) is 5. The highest BCUT2D eigenvalue weighted by Gasteiger charge is 2.30. The van der Waals surface area contributed by atoms with Gasteiger partial charge in [0, 0.05) is 19.6 Å². The molecule has 2 N–H and O–H groups in total. The van der Waals surface area contributed by atoms with E-state index >= 15 is 0 Å². The molecule has 21 heavy (non-hydrogen) atoms. The molecule has 120 valence electrons. The van der Waals surface area contributed by atoms with E-state index in [4.69, 9.17) is 9.84 Å². The van der Waals surface area contributed by atoms with Crippen molar-refractivity contribution >= 4 is 18.0 Å². The molecule has 1 atom stereocenters. The van der Waals surface area contributed by atoms with Crippen molar-refractivity contribution in [1.82, 2.24) is 10.2 Å². The summed E-state index contributed by atoms with van der Waals surface area (Å²) < 4.78 is 9.96. The van der Waals surface area contributed by atoms with Gasteiger partial charge in [-0.3, -0.25) is 9.59 Å². The van der Waals surface area contributed by atoms with Crippen LogP contribution in [0.3, 0.4) is 0 Å². The van der Waals surface area contributed by atoms with Gasteiger partial charge in [0.05, 0.1) is 31.7 Å². The predicted octanol–water partition coefficient (Wildman–Crippen LogP) is 0.0707. The molecule has 1 aliphatic rings. The van der Waals surface area contributed by atoms with Crippen LogP contribution in [0.2, 0.25) is 0 Å². The lowest BCUT2D eigenvalue weighted by atomic mass is 9.94. The van der Waals surface area contributed by atoms with Gasteiger partial charge in [-0.25, -0.2) is 4.79 Å². The van der Waals surface area contributed by atoms with Crippen molar-refractivity contribution in [2.75, 3.05) is 33.4 Å². The summed E-state index contributed by atoms with van der Waals surface area (Å²) in [6, 6.07) is -0.359. The summed E-state index contributed by atoms with van der Waals surface area (Å²) in [5.41, 5.74) is -1.03. The van der Waals surface area contributed by atoms with Crippen LogP contribution in [0.25, 0.3) is 0 Å². The molecule has 0 aromatic rings. The average Bonchev–Trinajstić information content (AvgIpc) is 2.44. The number of methoxy groups -OCH3 is 1. The van der Waals surface area contributed by atoms with Crippen LogP contribution in [0, 0.1) is 5.41 Å². The molecule has 0 saturated carbocycles. The van der Waals surface area contributed by atoms with E-state index in [9.17, 15) is 14.4 Å². The number of morpholine rings is 1. The number of amides is 2. The van der Waals surface area contributed by atoms with Crippen molar-refractivity contribution in [3.63, 3.8) is 0 Å². The third-order valence-electron chi connectivity index (χ3n) is 3.31. The minimum Gasteiger partial charge on any atom is -0.481 e. The molecule has 1 fully saturated rings. The van der Waals surface area contributed by atoms with Crippen molar-refractivity contribution in [3.8, 4) is 0 Å². The Morgan fingerprint density at radius 3 is 2.67 bits per heavy atom. The van der Waals surface area contributed by atoms with Crippen molar-refractivity contribution in [2.24, 2.45) is 5.41 Å². The topological polar surface area (TPSA) is 105 Å². The van der Waals surface area contributed by atoms with E-state index in [0.29, 0.717) is 13.2 Å². The van der Waals surface area contributed by atoms with Crippen LogP contribution in [0.15, 0.2) is 0 Å². The first-order valence-corrected chi connectivity index (χ1v) is 6.71. The fraction of sp³-hybridized carbons (Fsp3) is 0.769. The molecule has 2 amide bonds. The number of rotatable bonds is 5. The Hall–Kier alpha value is -1.83. The molecular weight excluding hydrogens is 280 g/mol. The minimum absolute atomic E-state index is 0.0280. The number of ether oxygens (including phenoxy) is 2. The van der Waals surface area contributed by atoms with Crippen LogP contribution < -0.4 is 5.32 Å². The SMILES string of the molecule is COC(=O)CC1CN(C(=O)NCC(C)(C)C(=O)O)CCO1. The molecule has 8 heteroatoms. The zero-order valence-electron chi connectivity index (χ0n) is 12.5. The Morgan fingerprint density at radius 2 is 2.10 bits per heavy atom. The molecule has 1 aliphatic heterocycles. The monoisotopic (exact) mass is 302 g/mol. The molecule has 0 aromatic heterocycles. The summed E-state index contributed by atoms with van der Waals surface area (Å²) in [5, 5.41) is 11.6. The first-order chi connectivity index (χ1) is 9.76. The summed E-state index contributed by atoms with van der Waals surface area (Å²) in [7, 11) is 1.30. The highest BCUT2D eigenvalue weighted by molar-refractivity contribution is 5.77. The van der Waals surface area contributed by atoms with Gasteiger partial charge >= 0.3 is 18.0 Å². The second kappa shape index (κ2) is 7.26. The van der Waals surface area contributed by atoms with E-state index < -0.39 is 23.5 Å². The minimum atomic E-state index is -1.03. The van der Waals surface area contributed by atoms with Crippen LogP contribution in [-0.4, -0.2) is 67.4 Å². The molecule has 0 aromatic carbocycles. The van der Waals surface area contributed by atoms with E-state index in [-0.39, 0.29) is 25.5 Å². The zero-order valence-corrected chi connectivity index (χ0v) is 12.5. The molecule has 1 saturated heterocycles. The highest BCUT2D eigenvalue weighted by atomic mass is 16.5. The molecule has 0 bridgehead atoms. The number of nitrogens with zero attached hydrogens (tertiary/aromatic N) is 1. The van der Waals surface area contributed by atoms with E-state index in [1.807, 2.05) is 0 Å². The number of urea groups is 1. The van der Waals surface area contributed by atoms with Gasteiger partial charge in [-0.05, 0) is 13.8 Å². The van der Waals surface area contributed by atoms with Gasteiger partial charge in [0.1, 0.15) is 0 Å². The maximum absolute atomic E-state index is 12.0. The van der Waals surface area contributed by atoms with Crippen molar-refractivity contribution in [3.05, 3.63) is 0 Å². The first-order valence-electron chi connectivity index (χ1n) is 6.71. The molecular formula is C13H22N2O6. The Morgan fingerprint density at radius 1 is 1.43 bits per heavy atom. The number of hydrogen-bond donors (Lipinski definition) is 2. The number of carbonyl (C=O) groups excluding carboxylic acids is 2. The lowest BCUT2D eigenvalue weighted by Crippen LogP contribution is -2.52. The quantitative estimate of drug-likeness (QED) is 0.696.